The van der Waals surface area contributed by atoms with Crippen LogP contribution in [-0.4, -0.2) is 38.3 Å². The largest absolute Gasteiger partial charge is 0.379 e. The van der Waals surface area contributed by atoms with Crippen molar-refractivity contribution in [1.82, 2.24) is 10.6 Å². The molecule has 0 bridgehead atoms. The topological polar surface area (TPSA) is 50.4 Å². The fourth-order valence-corrected chi connectivity index (χ4v) is 2.32. The zero-order chi connectivity index (χ0) is 10.7. The summed E-state index contributed by atoms with van der Waals surface area (Å²) < 4.78 is 5.41. The quantitative estimate of drug-likeness (QED) is 0.706. The molecule has 1 aliphatic carbocycles. The summed E-state index contributed by atoms with van der Waals surface area (Å²) in [6.07, 6.45) is 4.77. The Morgan fingerprint density at radius 3 is 2.67 bits per heavy atom. The van der Waals surface area contributed by atoms with Crippen LogP contribution < -0.4 is 10.6 Å². The molecule has 1 saturated heterocycles. The van der Waals surface area contributed by atoms with Crippen LogP contribution in [0.2, 0.25) is 0 Å². The highest BCUT2D eigenvalue weighted by Crippen LogP contribution is 2.21. The number of methoxy groups -OCH3 is 1. The number of rotatable bonds is 3. The molecular formula is C11H20N2O2. The van der Waals surface area contributed by atoms with E-state index in [1.54, 1.807) is 7.11 Å². The Bertz CT molecular complexity index is 229. The maximum Gasteiger partial charge on any atom is 0.225 e. The van der Waals surface area contributed by atoms with Crippen LogP contribution in [-0.2, 0) is 9.53 Å². The van der Waals surface area contributed by atoms with E-state index in [2.05, 4.69) is 10.6 Å². The summed E-state index contributed by atoms with van der Waals surface area (Å²) in [4.78, 5) is 11.7. The third-order valence-electron chi connectivity index (χ3n) is 3.49. The first-order valence-electron chi connectivity index (χ1n) is 5.85. The van der Waals surface area contributed by atoms with Crippen LogP contribution in [0, 0.1) is 5.92 Å². The summed E-state index contributed by atoms with van der Waals surface area (Å²) in [6, 6.07) is 0.233. The van der Waals surface area contributed by atoms with Gasteiger partial charge in [0.2, 0.25) is 5.91 Å². The molecule has 2 fully saturated rings. The molecule has 4 heteroatoms. The van der Waals surface area contributed by atoms with E-state index in [1.807, 2.05) is 0 Å². The van der Waals surface area contributed by atoms with Crippen molar-refractivity contribution in [1.29, 1.82) is 0 Å². The van der Waals surface area contributed by atoms with E-state index in [0.717, 1.165) is 25.9 Å². The Labute approximate surface area is 90.8 Å². The van der Waals surface area contributed by atoms with Crippen molar-refractivity contribution in [3.8, 4) is 0 Å². The molecule has 4 nitrogen and oxygen atoms in total. The first-order chi connectivity index (χ1) is 7.31. The van der Waals surface area contributed by atoms with Gasteiger partial charge in [0.1, 0.15) is 0 Å². The lowest BCUT2D eigenvalue weighted by molar-refractivity contribution is -0.128. The highest BCUT2D eigenvalue weighted by Gasteiger charge is 2.30. The Kier molecular flexibility index (Phi) is 3.59. The van der Waals surface area contributed by atoms with Crippen LogP contribution in [0.3, 0.4) is 0 Å². The summed E-state index contributed by atoms with van der Waals surface area (Å²) in [7, 11) is 1.74. The molecule has 0 spiro atoms. The molecule has 0 aromatic heterocycles. The van der Waals surface area contributed by atoms with Gasteiger partial charge in [-0.1, -0.05) is 12.8 Å². The van der Waals surface area contributed by atoms with Gasteiger partial charge >= 0.3 is 0 Å². The number of carbonyl (C=O) groups excluding carboxylic acids is 1. The predicted octanol–water partition coefficient (Wildman–Crippen LogP) is 0.280. The average molecular weight is 212 g/mol. The molecule has 1 aliphatic heterocycles. The summed E-state index contributed by atoms with van der Waals surface area (Å²) in [5.74, 6) is 0.382. The molecule has 2 aliphatic rings. The zero-order valence-corrected chi connectivity index (χ0v) is 9.29. The second kappa shape index (κ2) is 4.94. The summed E-state index contributed by atoms with van der Waals surface area (Å²) in [5.41, 5.74) is 0. The third-order valence-corrected chi connectivity index (χ3v) is 3.49. The van der Waals surface area contributed by atoms with Gasteiger partial charge in [-0.3, -0.25) is 4.79 Å². The van der Waals surface area contributed by atoms with Crippen molar-refractivity contribution in [2.24, 2.45) is 5.92 Å². The van der Waals surface area contributed by atoms with Gasteiger partial charge in [-0.25, -0.2) is 0 Å². The minimum absolute atomic E-state index is 0.185. The van der Waals surface area contributed by atoms with Gasteiger partial charge in [0.25, 0.3) is 0 Å². The molecule has 1 heterocycles. The number of hydrogen-bond donors (Lipinski definition) is 2. The lowest BCUT2D eigenvalue weighted by Crippen LogP contribution is -2.55. The molecular weight excluding hydrogens is 192 g/mol. The Morgan fingerprint density at radius 1 is 1.33 bits per heavy atom. The van der Waals surface area contributed by atoms with Crippen molar-refractivity contribution in [3.05, 3.63) is 0 Å². The summed E-state index contributed by atoms with van der Waals surface area (Å²) in [5, 5.41) is 6.23. The number of ether oxygens (including phenoxy) is 1. The predicted molar refractivity (Wildman–Crippen MR) is 57.6 cm³/mol. The van der Waals surface area contributed by atoms with Gasteiger partial charge in [0, 0.05) is 20.2 Å². The smallest absolute Gasteiger partial charge is 0.225 e. The molecule has 2 atom stereocenters. The van der Waals surface area contributed by atoms with Crippen molar-refractivity contribution in [2.45, 2.75) is 37.8 Å². The van der Waals surface area contributed by atoms with E-state index in [4.69, 9.17) is 4.74 Å². The third kappa shape index (κ3) is 2.49. The van der Waals surface area contributed by atoms with E-state index in [9.17, 15) is 4.79 Å². The van der Waals surface area contributed by atoms with Crippen LogP contribution in [0.15, 0.2) is 0 Å². The minimum atomic E-state index is 0.185. The Morgan fingerprint density at radius 2 is 2.07 bits per heavy atom. The molecule has 86 valence electrons. The van der Waals surface area contributed by atoms with Gasteiger partial charge in [-0.15, -0.1) is 0 Å². The average Bonchev–Trinajstić information content (AvgIpc) is 2.15. The van der Waals surface area contributed by atoms with Gasteiger partial charge in [-0.05, 0) is 12.8 Å². The Hall–Kier alpha value is -0.610. The molecule has 0 aromatic rings. The maximum atomic E-state index is 11.7. The van der Waals surface area contributed by atoms with E-state index < -0.39 is 0 Å². The first-order valence-corrected chi connectivity index (χ1v) is 5.85. The molecule has 15 heavy (non-hydrogen) atoms. The van der Waals surface area contributed by atoms with Crippen LogP contribution in [0.25, 0.3) is 0 Å². The number of nitrogens with one attached hydrogen (secondary N) is 2. The van der Waals surface area contributed by atoms with Gasteiger partial charge in [-0.2, -0.15) is 0 Å². The van der Waals surface area contributed by atoms with E-state index in [0.29, 0.717) is 0 Å². The van der Waals surface area contributed by atoms with E-state index >= 15 is 0 Å². The Balaban J connectivity index is 1.82. The van der Waals surface area contributed by atoms with Crippen molar-refractivity contribution >= 4 is 5.91 Å². The van der Waals surface area contributed by atoms with Crippen LogP contribution in [0.4, 0.5) is 0 Å². The minimum Gasteiger partial charge on any atom is -0.379 e. The lowest BCUT2D eigenvalue weighted by atomic mass is 9.91. The maximum absolute atomic E-state index is 11.7. The molecule has 2 rings (SSSR count). The van der Waals surface area contributed by atoms with Crippen LogP contribution in [0.5, 0.6) is 0 Å². The monoisotopic (exact) mass is 212 g/mol. The fourth-order valence-electron chi connectivity index (χ4n) is 2.32. The number of amides is 1. The van der Waals surface area contributed by atoms with Crippen molar-refractivity contribution < 1.29 is 9.53 Å². The first kappa shape index (κ1) is 10.9. The van der Waals surface area contributed by atoms with Crippen LogP contribution >= 0.6 is 0 Å². The lowest BCUT2D eigenvalue weighted by Gasteiger charge is -2.34. The van der Waals surface area contributed by atoms with Gasteiger partial charge < -0.3 is 15.4 Å². The normalized spacial score (nSPS) is 32.1. The zero-order valence-electron chi connectivity index (χ0n) is 9.29. The van der Waals surface area contributed by atoms with Crippen molar-refractivity contribution in [2.75, 3.05) is 20.2 Å². The van der Waals surface area contributed by atoms with Crippen molar-refractivity contribution in [3.63, 3.8) is 0 Å². The molecule has 0 aromatic carbocycles. The second-order valence-electron chi connectivity index (χ2n) is 4.53. The van der Waals surface area contributed by atoms with E-state index in [1.165, 1.54) is 12.8 Å². The standard InChI is InChI=1S/C11H20N2O2/c1-15-10-5-3-2-4-9(10)13-11(14)8-6-12-7-8/h8-10,12H,2-7H2,1H3,(H,13,14). The van der Waals surface area contributed by atoms with Gasteiger partial charge in [0.15, 0.2) is 0 Å². The SMILES string of the molecule is COC1CCCCC1NC(=O)C1CNC1. The van der Waals surface area contributed by atoms with Gasteiger partial charge in [0.05, 0.1) is 18.1 Å². The molecule has 2 unspecified atom stereocenters. The fraction of sp³-hybridized carbons (Fsp3) is 0.909. The highest BCUT2D eigenvalue weighted by molar-refractivity contribution is 5.80. The highest BCUT2D eigenvalue weighted by atomic mass is 16.5. The molecule has 0 radical (unpaired) electrons. The molecule has 1 saturated carbocycles. The second-order valence-corrected chi connectivity index (χ2v) is 4.53. The molecule has 2 N–H and O–H groups in total. The summed E-state index contributed by atoms with van der Waals surface area (Å²) >= 11 is 0. The summed E-state index contributed by atoms with van der Waals surface area (Å²) in [6.45, 7) is 1.66. The number of hydrogen-bond acceptors (Lipinski definition) is 3. The number of carbonyl (C=O) groups is 1. The van der Waals surface area contributed by atoms with E-state index in [-0.39, 0.29) is 24.0 Å². The molecule has 1 amide bonds. The van der Waals surface area contributed by atoms with Crippen LogP contribution in [0.1, 0.15) is 25.7 Å².